The second-order valence-corrected chi connectivity index (χ2v) is 4.33. The van der Waals surface area contributed by atoms with Crippen LogP contribution in [-0.2, 0) is 4.79 Å². The lowest BCUT2D eigenvalue weighted by atomic mass is 10.1. The molecule has 1 amide bonds. The molecular weight excluding hydrogens is 244 g/mol. The summed E-state index contributed by atoms with van der Waals surface area (Å²) in [6.07, 6.45) is -0.658. The number of rotatable bonds is 7. The second kappa shape index (κ2) is 7.76. The molecule has 19 heavy (non-hydrogen) atoms. The Labute approximate surface area is 114 Å². The molecule has 1 unspecified atom stereocenters. The first-order valence-corrected chi connectivity index (χ1v) is 6.35. The maximum atomic E-state index is 11.6. The predicted octanol–water partition coefficient (Wildman–Crippen LogP) is 0.797. The van der Waals surface area contributed by atoms with Crippen LogP contribution in [0.4, 0.5) is 0 Å². The highest BCUT2D eigenvalue weighted by atomic mass is 16.5. The maximum Gasteiger partial charge on any atom is 0.236 e. The molecule has 1 rings (SSSR count). The van der Waals surface area contributed by atoms with Gasteiger partial charge in [-0.1, -0.05) is 12.1 Å². The number of hydrogen-bond acceptors (Lipinski definition) is 4. The molecule has 1 aromatic carbocycles. The van der Waals surface area contributed by atoms with Crippen LogP contribution in [0.15, 0.2) is 24.3 Å². The van der Waals surface area contributed by atoms with Crippen LogP contribution in [0, 0.1) is 0 Å². The second-order valence-electron chi connectivity index (χ2n) is 4.33. The molecule has 5 heteroatoms. The van der Waals surface area contributed by atoms with Crippen LogP contribution in [0.3, 0.4) is 0 Å². The van der Waals surface area contributed by atoms with Gasteiger partial charge in [0.1, 0.15) is 5.75 Å². The van der Waals surface area contributed by atoms with Gasteiger partial charge in [-0.3, -0.25) is 4.79 Å². The lowest BCUT2D eigenvalue weighted by Gasteiger charge is -2.16. The number of methoxy groups -OCH3 is 1. The third kappa shape index (κ3) is 4.89. The van der Waals surface area contributed by atoms with Gasteiger partial charge in [0.05, 0.1) is 19.8 Å². The molecule has 0 bridgehead atoms. The SMILES string of the molecule is CCN(C)C(=O)CNCC(O)c1cccc(OC)c1. The van der Waals surface area contributed by atoms with Crippen molar-refractivity contribution in [2.24, 2.45) is 0 Å². The monoisotopic (exact) mass is 266 g/mol. The number of nitrogens with zero attached hydrogens (tertiary/aromatic N) is 1. The van der Waals surface area contributed by atoms with Crippen LogP contribution in [0.2, 0.25) is 0 Å². The average molecular weight is 266 g/mol. The molecule has 0 heterocycles. The average Bonchev–Trinajstić information content (AvgIpc) is 2.46. The molecule has 0 aliphatic heterocycles. The van der Waals surface area contributed by atoms with Crippen molar-refractivity contribution in [2.45, 2.75) is 13.0 Å². The summed E-state index contributed by atoms with van der Waals surface area (Å²) in [6, 6.07) is 7.26. The summed E-state index contributed by atoms with van der Waals surface area (Å²) >= 11 is 0. The van der Waals surface area contributed by atoms with Crippen molar-refractivity contribution < 1.29 is 14.6 Å². The first-order chi connectivity index (χ1) is 9.08. The molecule has 1 aromatic rings. The summed E-state index contributed by atoms with van der Waals surface area (Å²) in [5, 5.41) is 13.0. The Bertz CT molecular complexity index is 409. The number of likely N-dealkylation sites (N-methyl/N-ethyl adjacent to an activating group) is 1. The summed E-state index contributed by atoms with van der Waals surface area (Å²) in [5.74, 6) is 0.721. The van der Waals surface area contributed by atoms with Gasteiger partial charge in [-0.05, 0) is 24.6 Å². The minimum absolute atomic E-state index is 0.0142. The lowest BCUT2D eigenvalue weighted by molar-refractivity contribution is -0.128. The van der Waals surface area contributed by atoms with Crippen molar-refractivity contribution in [3.63, 3.8) is 0 Å². The molecule has 0 spiro atoms. The van der Waals surface area contributed by atoms with E-state index in [1.54, 1.807) is 25.1 Å². The first-order valence-electron chi connectivity index (χ1n) is 6.35. The van der Waals surface area contributed by atoms with E-state index in [0.717, 1.165) is 5.56 Å². The fourth-order valence-electron chi connectivity index (χ4n) is 1.59. The Balaban J connectivity index is 2.42. The quantitative estimate of drug-likeness (QED) is 0.766. The molecule has 5 nitrogen and oxygen atoms in total. The molecule has 0 saturated carbocycles. The Morgan fingerprint density at radius 3 is 2.89 bits per heavy atom. The molecule has 0 radical (unpaired) electrons. The molecule has 0 saturated heterocycles. The molecule has 0 aromatic heterocycles. The van der Waals surface area contributed by atoms with Gasteiger partial charge in [0, 0.05) is 20.1 Å². The van der Waals surface area contributed by atoms with E-state index in [2.05, 4.69) is 5.32 Å². The summed E-state index contributed by atoms with van der Waals surface area (Å²) in [7, 11) is 3.34. The minimum atomic E-state index is -0.658. The van der Waals surface area contributed by atoms with Gasteiger partial charge in [0.15, 0.2) is 0 Å². The Hall–Kier alpha value is -1.59. The number of hydrogen-bond donors (Lipinski definition) is 2. The molecule has 0 aliphatic rings. The number of nitrogens with one attached hydrogen (secondary N) is 1. The number of aliphatic hydroxyl groups excluding tert-OH is 1. The van der Waals surface area contributed by atoms with Gasteiger partial charge in [0.2, 0.25) is 5.91 Å². The largest absolute Gasteiger partial charge is 0.497 e. The first kappa shape index (κ1) is 15.5. The van der Waals surface area contributed by atoms with Crippen LogP contribution < -0.4 is 10.1 Å². The molecular formula is C14H22N2O3. The molecule has 106 valence electrons. The van der Waals surface area contributed by atoms with E-state index in [0.29, 0.717) is 18.8 Å². The van der Waals surface area contributed by atoms with E-state index in [1.165, 1.54) is 0 Å². The van der Waals surface area contributed by atoms with E-state index in [1.807, 2.05) is 25.1 Å². The third-order valence-corrected chi connectivity index (χ3v) is 2.99. The van der Waals surface area contributed by atoms with Gasteiger partial charge < -0.3 is 20.1 Å². The fraction of sp³-hybridized carbons (Fsp3) is 0.500. The standard InChI is InChI=1S/C14H22N2O3/c1-4-16(2)14(18)10-15-9-13(17)11-6-5-7-12(8-11)19-3/h5-8,13,15,17H,4,9-10H2,1-3H3. The highest BCUT2D eigenvalue weighted by Crippen LogP contribution is 2.18. The van der Waals surface area contributed by atoms with Crippen LogP contribution >= 0.6 is 0 Å². The van der Waals surface area contributed by atoms with Gasteiger partial charge in [-0.25, -0.2) is 0 Å². The molecule has 1 atom stereocenters. The number of carbonyl (C=O) groups excluding carboxylic acids is 1. The van der Waals surface area contributed by atoms with Gasteiger partial charge in [0.25, 0.3) is 0 Å². The third-order valence-electron chi connectivity index (χ3n) is 2.99. The number of carbonyl (C=O) groups is 1. The topological polar surface area (TPSA) is 61.8 Å². The Kier molecular flexibility index (Phi) is 6.32. The minimum Gasteiger partial charge on any atom is -0.497 e. The van der Waals surface area contributed by atoms with Gasteiger partial charge >= 0.3 is 0 Å². The zero-order valence-electron chi connectivity index (χ0n) is 11.7. The zero-order valence-corrected chi connectivity index (χ0v) is 11.7. The van der Waals surface area contributed by atoms with Gasteiger partial charge in [-0.15, -0.1) is 0 Å². The fourth-order valence-corrected chi connectivity index (χ4v) is 1.59. The molecule has 0 aliphatic carbocycles. The van der Waals surface area contributed by atoms with Crippen LogP contribution in [0.25, 0.3) is 0 Å². The molecule has 0 fully saturated rings. The number of aliphatic hydroxyl groups is 1. The summed E-state index contributed by atoms with van der Waals surface area (Å²) in [4.78, 5) is 13.2. The van der Waals surface area contributed by atoms with Crippen LogP contribution in [0.1, 0.15) is 18.6 Å². The van der Waals surface area contributed by atoms with Crippen molar-refractivity contribution in [2.75, 3.05) is 33.8 Å². The summed E-state index contributed by atoms with van der Waals surface area (Å²) < 4.78 is 5.10. The Morgan fingerprint density at radius 2 is 2.26 bits per heavy atom. The predicted molar refractivity (Wildman–Crippen MR) is 74.1 cm³/mol. The smallest absolute Gasteiger partial charge is 0.236 e. The van der Waals surface area contributed by atoms with Gasteiger partial charge in [-0.2, -0.15) is 0 Å². The van der Waals surface area contributed by atoms with Crippen molar-refractivity contribution in [1.82, 2.24) is 10.2 Å². The van der Waals surface area contributed by atoms with E-state index in [-0.39, 0.29) is 12.5 Å². The number of ether oxygens (including phenoxy) is 1. The van der Waals surface area contributed by atoms with Crippen molar-refractivity contribution in [3.05, 3.63) is 29.8 Å². The highest BCUT2D eigenvalue weighted by Gasteiger charge is 2.10. The normalized spacial score (nSPS) is 12.0. The van der Waals surface area contributed by atoms with Crippen molar-refractivity contribution in [3.8, 4) is 5.75 Å². The summed E-state index contributed by atoms with van der Waals surface area (Å²) in [6.45, 7) is 3.16. The van der Waals surface area contributed by atoms with E-state index >= 15 is 0 Å². The van der Waals surface area contributed by atoms with Crippen LogP contribution in [-0.4, -0.2) is 49.7 Å². The highest BCUT2D eigenvalue weighted by molar-refractivity contribution is 5.77. The van der Waals surface area contributed by atoms with E-state index < -0.39 is 6.10 Å². The molecule has 2 N–H and O–H groups in total. The van der Waals surface area contributed by atoms with E-state index in [4.69, 9.17) is 4.74 Å². The van der Waals surface area contributed by atoms with Crippen LogP contribution in [0.5, 0.6) is 5.75 Å². The lowest BCUT2D eigenvalue weighted by Crippen LogP contribution is -2.36. The maximum absolute atomic E-state index is 11.6. The van der Waals surface area contributed by atoms with E-state index in [9.17, 15) is 9.90 Å². The number of benzene rings is 1. The summed E-state index contributed by atoms with van der Waals surface area (Å²) in [5.41, 5.74) is 0.767. The number of amides is 1. The Morgan fingerprint density at radius 1 is 1.53 bits per heavy atom. The van der Waals surface area contributed by atoms with Crippen molar-refractivity contribution in [1.29, 1.82) is 0 Å². The zero-order chi connectivity index (χ0) is 14.3. The van der Waals surface area contributed by atoms with Crippen molar-refractivity contribution >= 4 is 5.91 Å².